The monoisotopic (exact) mass is 518 g/mol. The predicted molar refractivity (Wildman–Crippen MR) is 135 cm³/mol. The number of pyridine rings is 1. The number of carbonyl (C=O) groups excluding carboxylic acids is 1. The lowest BCUT2D eigenvalue weighted by Gasteiger charge is -2.20. The van der Waals surface area contributed by atoms with E-state index >= 15 is 0 Å². The summed E-state index contributed by atoms with van der Waals surface area (Å²) in [6.45, 7) is 5.63. The van der Waals surface area contributed by atoms with Gasteiger partial charge < -0.3 is 25.4 Å². The van der Waals surface area contributed by atoms with Crippen molar-refractivity contribution in [2.75, 3.05) is 43.5 Å². The first-order chi connectivity index (χ1) is 17.6. The third kappa shape index (κ3) is 5.55. The summed E-state index contributed by atoms with van der Waals surface area (Å²) in [6.07, 6.45) is -3.70. The van der Waals surface area contributed by atoms with Crippen molar-refractivity contribution in [1.82, 2.24) is 9.88 Å². The van der Waals surface area contributed by atoms with Gasteiger partial charge in [0.05, 0.1) is 25.5 Å². The molecule has 0 bridgehead atoms. The molecule has 1 aliphatic carbocycles. The number of fused-ring (bicyclic) bond motifs is 1. The number of ether oxygens (including phenoxy) is 1. The second kappa shape index (κ2) is 9.79. The van der Waals surface area contributed by atoms with Crippen LogP contribution >= 0.6 is 0 Å². The molecule has 200 valence electrons. The fraction of sp³-hybridized carbons (Fsp3) is 0.556. The number of nitrogens with one attached hydrogen (secondary N) is 2. The normalized spacial score (nSPS) is 25.6. The number of hydrogen-bond acceptors (Lipinski definition) is 5. The maximum absolute atomic E-state index is 12.8. The average Bonchev–Trinajstić information content (AvgIpc) is 3.14. The van der Waals surface area contributed by atoms with Crippen LogP contribution in [0.1, 0.15) is 37.4 Å². The summed E-state index contributed by atoms with van der Waals surface area (Å²) in [7, 11) is 0. The number of aryl methyl sites for hydroxylation is 1. The van der Waals surface area contributed by atoms with E-state index in [9.17, 15) is 23.1 Å². The minimum Gasteiger partial charge on any atom is -0.394 e. The van der Waals surface area contributed by atoms with Gasteiger partial charge in [0.2, 0.25) is 0 Å². The number of aliphatic hydroxyl groups is 1. The predicted octanol–water partition coefficient (Wildman–Crippen LogP) is 4.94. The van der Waals surface area contributed by atoms with Gasteiger partial charge in [0.1, 0.15) is 5.82 Å². The molecule has 4 atom stereocenters. The maximum Gasteiger partial charge on any atom is 0.389 e. The van der Waals surface area contributed by atoms with Gasteiger partial charge in [0.25, 0.3) is 0 Å². The molecule has 1 aromatic carbocycles. The number of halogens is 3. The molecule has 0 spiro atoms. The molecule has 10 heteroatoms. The van der Waals surface area contributed by atoms with Crippen LogP contribution in [0, 0.1) is 18.8 Å². The summed E-state index contributed by atoms with van der Waals surface area (Å²) < 4.78 is 44.0. The van der Waals surface area contributed by atoms with Crippen LogP contribution < -0.4 is 10.6 Å². The van der Waals surface area contributed by atoms with Crippen LogP contribution in [0.3, 0.4) is 0 Å². The molecule has 3 aliphatic rings. The molecule has 3 fully saturated rings. The van der Waals surface area contributed by atoms with E-state index in [0.717, 1.165) is 35.4 Å². The molecule has 5 rings (SSSR count). The van der Waals surface area contributed by atoms with Crippen LogP contribution in [-0.4, -0.2) is 66.1 Å². The van der Waals surface area contributed by atoms with Crippen molar-refractivity contribution < 1.29 is 27.8 Å². The van der Waals surface area contributed by atoms with Gasteiger partial charge in [-0.15, -0.1) is 0 Å². The molecule has 2 saturated heterocycles. The van der Waals surface area contributed by atoms with E-state index in [0.29, 0.717) is 37.0 Å². The second-order valence-electron chi connectivity index (χ2n) is 10.8. The van der Waals surface area contributed by atoms with Crippen LogP contribution in [0.2, 0.25) is 0 Å². The summed E-state index contributed by atoms with van der Waals surface area (Å²) in [5.41, 5.74) is 4.33. The highest BCUT2D eigenvalue weighted by atomic mass is 19.4. The van der Waals surface area contributed by atoms with Gasteiger partial charge in [0.15, 0.2) is 0 Å². The topological polar surface area (TPSA) is 86.7 Å². The highest BCUT2D eigenvalue weighted by Gasteiger charge is 2.60. The quantitative estimate of drug-likeness (QED) is 0.483. The Morgan fingerprint density at radius 1 is 1.32 bits per heavy atom. The zero-order valence-electron chi connectivity index (χ0n) is 21.1. The number of carbonyl (C=O) groups is 1. The van der Waals surface area contributed by atoms with Gasteiger partial charge in [-0.05, 0) is 79.5 Å². The van der Waals surface area contributed by atoms with Crippen molar-refractivity contribution in [1.29, 1.82) is 0 Å². The van der Waals surface area contributed by atoms with E-state index in [2.05, 4.69) is 16.7 Å². The average molecular weight is 519 g/mol. The zero-order valence-corrected chi connectivity index (χ0v) is 21.1. The Hall–Kier alpha value is -2.85. The molecule has 37 heavy (non-hydrogen) atoms. The van der Waals surface area contributed by atoms with E-state index in [1.165, 1.54) is 4.90 Å². The smallest absolute Gasteiger partial charge is 0.389 e. The van der Waals surface area contributed by atoms with Crippen LogP contribution in [0.4, 0.5) is 29.5 Å². The highest BCUT2D eigenvalue weighted by Crippen LogP contribution is 2.58. The lowest BCUT2D eigenvalue weighted by atomic mass is 9.95. The lowest BCUT2D eigenvalue weighted by Crippen LogP contribution is -2.33. The van der Waals surface area contributed by atoms with Gasteiger partial charge in [-0.1, -0.05) is 6.07 Å². The second-order valence-corrected chi connectivity index (χ2v) is 10.8. The summed E-state index contributed by atoms with van der Waals surface area (Å²) in [6, 6.07) is 9.07. The number of aliphatic hydroxyl groups excluding tert-OH is 1. The first kappa shape index (κ1) is 25.8. The molecule has 2 aromatic rings. The number of likely N-dealkylation sites (tertiary alicyclic amines) is 1. The summed E-state index contributed by atoms with van der Waals surface area (Å²) in [5, 5.41) is 15.7. The Kier molecular flexibility index (Phi) is 6.83. The summed E-state index contributed by atoms with van der Waals surface area (Å²) >= 11 is 0. The molecular weight excluding hydrogens is 485 g/mol. The number of benzene rings is 1. The molecule has 3 heterocycles. The molecule has 2 aliphatic heterocycles. The van der Waals surface area contributed by atoms with Crippen LogP contribution in [0.5, 0.6) is 0 Å². The van der Waals surface area contributed by atoms with Crippen molar-refractivity contribution in [3.05, 3.63) is 41.6 Å². The Balaban J connectivity index is 1.38. The van der Waals surface area contributed by atoms with Crippen molar-refractivity contribution in [2.45, 2.75) is 50.7 Å². The standard InChI is InChI=1S/C27H33F3N4O3/c1-16-3-4-21(32-25(36)34-6-5-18(12-34)10-27(28,29)30)9-22(16)19-7-23(26-11-20(26)14-37-15-26)33-24(8-19)31-17(2)13-35/h3-4,7-9,17-18,20,35H,5-6,10-15H2,1-2H3,(H,31,33)(H,32,36)/t17?,18-,20?,26?/m0/s1. The Morgan fingerprint density at radius 2 is 2.14 bits per heavy atom. The number of amides is 2. The fourth-order valence-electron chi connectivity index (χ4n) is 5.58. The minimum atomic E-state index is -4.22. The molecule has 0 radical (unpaired) electrons. The number of aromatic nitrogens is 1. The molecule has 1 aromatic heterocycles. The van der Waals surface area contributed by atoms with E-state index in [1.54, 1.807) is 6.07 Å². The molecule has 3 N–H and O–H groups in total. The number of rotatable bonds is 7. The molecule has 7 nitrogen and oxygen atoms in total. The van der Waals surface area contributed by atoms with Gasteiger partial charge in [-0.2, -0.15) is 13.2 Å². The van der Waals surface area contributed by atoms with Crippen molar-refractivity contribution in [3.63, 3.8) is 0 Å². The SMILES string of the molecule is Cc1ccc(NC(=O)N2CC[C@@H](CC(F)(F)F)C2)cc1-c1cc(NC(C)CO)nc(C23COCC2C3)c1. The fourth-order valence-corrected chi connectivity index (χ4v) is 5.58. The molecule has 2 amide bonds. The van der Waals surface area contributed by atoms with Gasteiger partial charge in [-0.25, -0.2) is 9.78 Å². The molecular formula is C27H33F3N4O3. The number of alkyl halides is 3. The summed E-state index contributed by atoms with van der Waals surface area (Å²) in [5.74, 6) is 0.571. The zero-order chi connectivity index (χ0) is 26.4. The Morgan fingerprint density at radius 3 is 2.81 bits per heavy atom. The van der Waals surface area contributed by atoms with Crippen LogP contribution in [-0.2, 0) is 10.2 Å². The van der Waals surface area contributed by atoms with Crippen molar-refractivity contribution in [3.8, 4) is 11.1 Å². The maximum atomic E-state index is 12.8. The lowest BCUT2D eigenvalue weighted by molar-refractivity contribution is -0.143. The largest absolute Gasteiger partial charge is 0.394 e. The van der Waals surface area contributed by atoms with Gasteiger partial charge in [-0.3, -0.25) is 0 Å². The van der Waals surface area contributed by atoms with Gasteiger partial charge >= 0.3 is 12.2 Å². The van der Waals surface area contributed by atoms with Crippen molar-refractivity contribution in [2.24, 2.45) is 11.8 Å². The molecule has 3 unspecified atom stereocenters. The minimum absolute atomic E-state index is 0.0288. The first-order valence-corrected chi connectivity index (χ1v) is 12.8. The number of hydrogen-bond donors (Lipinski definition) is 3. The van der Waals surface area contributed by atoms with Crippen LogP contribution in [0.25, 0.3) is 11.1 Å². The number of urea groups is 1. The van der Waals surface area contributed by atoms with E-state index < -0.39 is 24.5 Å². The van der Waals surface area contributed by atoms with Gasteiger partial charge in [0, 0.05) is 36.7 Å². The summed E-state index contributed by atoms with van der Waals surface area (Å²) in [4.78, 5) is 19.1. The van der Waals surface area contributed by atoms with Crippen molar-refractivity contribution >= 4 is 17.5 Å². The van der Waals surface area contributed by atoms with E-state index in [-0.39, 0.29) is 24.6 Å². The molecule has 1 saturated carbocycles. The number of nitrogens with zero attached hydrogens (tertiary/aromatic N) is 2. The Labute approximate surface area is 214 Å². The Bertz CT molecular complexity index is 1170. The number of anilines is 2. The van der Waals surface area contributed by atoms with E-state index in [4.69, 9.17) is 9.72 Å². The van der Waals surface area contributed by atoms with E-state index in [1.807, 2.05) is 32.0 Å². The van der Waals surface area contributed by atoms with Crippen LogP contribution in [0.15, 0.2) is 30.3 Å². The third-order valence-corrected chi connectivity index (χ3v) is 7.81. The highest BCUT2D eigenvalue weighted by molar-refractivity contribution is 5.90. The third-order valence-electron chi connectivity index (χ3n) is 7.81. The first-order valence-electron chi connectivity index (χ1n) is 12.8.